The van der Waals surface area contributed by atoms with Crippen LogP contribution in [0.25, 0.3) is 16.9 Å². The van der Waals surface area contributed by atoms with Gasteiger partial charge in [0.05, 0.1) is 30.9 Å². The summed E-state index contributed by atoms with van der Waals surface area (Å²) in [5.41, 5.74) is 1.95. The smallest absolute Gasteiger partial charge is 0.407 e. The zero-order valence-electron chi connectivity index (χ0n) is 23.7. The van der Waals surface area contributed by atoms with E-state index >= 15 is 0 Å². The summed E-state index contributed by atoms with van der Waals surface area (Å²) in [6.07, 6.45) is 2.34. The average Bonchev–Trinajstić information content (AvgIpc) is 3.39. The second-order valence-electron chi connectivity index (χ2n) is 10.8. The zero-order chi connectivity index (χ0) is 28.8. The maximum Gasteiger partial charge on any atom is 0.407 e. The Morgan fingerprint density at radius 1 is 1.12 bits per heavy atom. The number of carbonyl (C=O) groups excluding carboxylic acids is 1. The van der Waals surface area contributed by atoms with Crippen LogP contribution in [0.15, 0.2) is 24.3 Å². The number of benzene rings is 1. The third kappa shape index (κ3) is 7.03. The lowest BCUT2D eigenvalue weighted by molar-refractivity contribution is 0.122. The van der Waals surface area contributed by atoms with Gasteiger partial charge in [0.25, 0.3) is 6.43 Å². The molecular formula is C29H39F2N7O3. The predicted molar refractivity (Wildman–Crippen MR) is 153 cm³/mol. The number of aryl methyl sites for hydroxylation is 1. The van der Waals surface area contributed by atoms with E-state index in [-0.39, 0.29) is 18.0 Å². The van der Waals surface area contributed by atoms with E-state index in [1.165, 1.54) is 4.57 Å². The van der Waals surface area contributed by atoms with E-state index in [9.17, 15) is 13.6 Å². The molecule has 2 N–H and O–H groups in total. The molecule has 3 aromatic rings. The fourth-order valence-electron chi connectivity index (χ4n) is 5.53. The molecule has 0 spiro atoms. The predicted octanol–water partition coefficient (Wildman–Crippen LogP) is 5.40. The Morgan fingerprint density at radius 3 is 2.61 bits per heavy atom. The summed E-state index contributed by atoms with van der Waals surface area (Å²) < 4.78 is 40.6. The molecule has 1 aromatic carbocycles. The number of carbonyl (C=O) groups is 1. The molecule has 0 unspecified atom stereocenters. The standard InChI is InChI=1S/C29H39F2N7O3/c1-3-4-14-41-29(39)33-21-10-8-20(9-11-21)18-32-28-35-23(37-12-15-40-16-13-37)17-24(36-28)38-25-19(2)6-5-7-22(25)34-27(38)26(30)31/h5-7,17,20-21,26H,3-4,8-16,18H2,1-2H3,(H,33,39)(H,32,35,36)/t20-,21-. The van der Waals surface area contributed by atoms with E-state index in [0.29, 0.717) is 74.0 Å². The Kier molecular flexibility index (Phi) is 9.48. The van der Waals surface area contributed by atoms with Crippen molar-refractivity contribution in [2.45, 2.75) is 64.8 Å². The number of hydrogen-bond donors (Lipinski definition) is 2. The number of hydrogen-bond acceptors (Lipinski definition) is 8. The summed E-state index contributed by atoms with van der Waals surface area (Å²) in [4.78, 5) is 27.8. The number of nitrogens with zero attached hydrogens (tertiary/aromatic N) is 5. The summed E-state index contributed by atoms with van der Waals surface area (Å²) in [6.45, 7) is 7.48. The fourth-order valence-corrected chi connectivity index (χ4v) is 5.53. The minimum absolute atomic E-state index is 0.110. The molecule has 1 saturated carbocycles. The maximum absolute atomic E-state index is 14.2. The molecule has 1 amide bonds. The van der Waals surface area contributed by atoms with Crippen LogP contribution in [0, 0.1) is 12.8 Å². The number of amides is 1. The highest BCUT2D eigenvalue weighted by molar-refractivity contribution is 5.81. The molecule has 1 aliphatic heterocycles. The van der Waals surface area contributed by atoms with Crippen LogP contribution in [-0.4, -0.2) is 71.1 Å². The minimum atomic E-state index is -2.77. The van der Waals surface area contributed by atoms with Gasteiger partial charge in [-0.15, -0.1) is 0 Å². The van der Waals surface area contributed by atoms with Crippen molar-refractivity contribution < 1.29 is 23.0 Å². The first-order valence-electron chi connectivity index (χ1n) is 14.6. The van der Waals surface area contributed by atoms with Crippen LogP contribution in [0.2, 0.25) is 0 Å². The van der Waals surface area contributed by atoms with Crippen LogP contribution in [-0.2, 0) is 9.47 Å². The molecule has 3 heterocycles. The lowest BCUT2D eigenvalue weighted by Gasteiger charge is -2.30. The number of anilines is 2. The van der Waals surface area contributed by atoms with Crippen molar-refractivity contribution in [1.29, 1.82) is 0 Å². The summed E-state index contributed by atoms with van der Waals surface area (Å²) in [5.74, 6) is 1.43. The van der Waals surface area contributed by atoms with Crippen LogP contribution in [0.4, 0.5) is 25.3 Å². The van der Waals surface area contributed by atoms with Gasteiger partial charge >= 0.3 is 6.09 Å². The van der Waals surface area contributed by atoms with Gasteiger partial charge in [-0.1, -0.05) is 25.5 Å². The number of aromatic nitrogens is 4. The van der Waals surface area contributed by atoms with Crippen LogP contribution in [0.3, 0.4) is 0 Å². The van der Waals surface area contributed by atoms with Crippen molar-refractivity contribution in [2.75, 3.05) is 49.7 Å². The van der Waals surface area contributed by atoms with Crippen molar-refractivity contribution in [2.24, 2.45) is 5.92 Å². The van der Waals surface area contributed by atoms with Crippen molar-refractivity contribution in [3.63, 3.8) is 0 Å². The molecule has 10 nitrogen and oxygen atoms in total. The molecule has 5 rings (SSSR count). The first kappa shape index (κ1) is 29.0. The van der Waals surface area contributed by atoms with Crippen molar-refractivity contribution >= 4 is 28.9 Å². The highest BCUT2D eigenvalue weighted by Crippen LogP contribution is 2.31. The first-order valence-corrected chi connectivity index (χ1v) is 14.6. The number of morpholine rings is 1. The maximum atomic E-state index is 14.2. The highest BCUT2D eigenvalue weighted by atomic mass is 19.3. The molecule has 2 fully saturated rings. The topological polar surface area (TPSA) is 106 Å². The third-order valence-electron chi connectivity index (χ3n) is 7.81. The van der Waals surface area contributed by atoms with E-state index in [0.717, 1.165) is 44.1 Å². The Labute approximate surface area is 238 Å². The summed E-state index contributed by atoms with van der Waals surface area (Å²) >= 11 is 0. The van der Waals surface area contributed by atoms with Gasteiger partial charge in [-0.2, -0.15) is 9.97 Å². The monoisotopic (exact) mass is 571 g/mol. The number of unbranched alkanes of at least 4 members (excludes halogenated alkanes) is 1. The molecule has 2 aromatic heterocycles. The number of halogens is 2. The molecule has 0 bridgehead atoms. The number of nitrogens with one attached hydrogen (secondary N) is 2. The molecule has 2 aliphatic rings. The largest absolute Gasteiger partial charge is 0.450 e. The van der Waals surface area contributed by atoms with Gasteiger partial charge in [-0.3, -0.25) is 4.57 Å². The zero-order valence-corrected chi connectivity index (χ0v) is 23.7. The van der Waals surface area contributed by atoms with Crippen molar-refractivity contribution in [3.05, 3.63) is 35.7 Å². The molecular weight excluding hydrogens is 532 g/mol. The lowest BCUT2D eigenvalue weighted by Crippen LogP contribution is -2.39. The second-order valence-corrected chi connectivity index (χ2v) is 10.8. The van der Waals surface area contributed by atoms with Gasteiger partial charge in [0, 0.05) is 31.7 Å². The van der Waals surface area contributed by atoms with E-state index < -0.39 is 6.43 Å². The van der Waals surface area contributed by atoms with Gasteiger partial charge in [0.15, 0.2) is 5.82 Å². The fraction of sp³-hybridized carbons (Fsp3) is 0.586. The van der Waals surface area contributed by atoms with Crippen LogP contribution in [0.5, 0.6) is 0 Å². The summed E-state index contributed by atoms with van der Waals surface area (Å²) in [7, 11) is 0. The molecule has 222 valence electrons. The molecule has 1 saturated heterocycles. The van der Waals surface area contributed by atoms with Gasteiger partial charge in [-0.05, 0) is 56.6 Å². The van der Waals surface area contributed by atoms with E-state index in [1.807, 2.05) is 19.1 Å². The quantitative estimate of drug-likeness (QED) is 0.312. The average molecular weight is 572 g/mol. The SMILES string of the molecule is CCCCOC(=O)N[C@H]1CC[C@H](CNc2nc(N3CCOCC3)cc(-n3c(C(F)F)nc4cccc(C)c43)n2)CC1. The number of para-hydroxylation sites is 1. The Morgan fingerprint density at radius 2 is 1.88 bits per heavy atom. The molecule has 12 heteroatoms. The van der Waals surface area contributed by atoms with Gasteiger partial charge in [-0.25, -0.2) is 18.6 Å². The summed E-state index contributed by atoms with van der Waals surface area (Å²) in [5, 5.41) is 6.36. The first-order chi connectivity index (χ1) is 19.9. The third-order valence-corrected chi connectivity index (χ3v) is 7.81. The Balaban J connectivity index is 1.33. The van der Waals surface area contributed by atoms with Gasteiger partial charge in [0.1, 0.15) is 11.6 Å². The van der Waals surface area contributed by atoms with E-state index in [4.69, 9.17) is 19.4 Å². The van der Waals surface area contributed by atoms with E-state index in [2.05, 4.69) is 27.4 Å². The molecule has 0 radical (unpaired) electrons. The number of ether oxygens (including phenoxy) is 2. The van der Waals surface area contributed by atoms with Crippen molar-refractivity contribution in [1.82, 2.24) is 24.8 Å². The number of imidazole rings is 1. The normalized spacial score (nSPS) is 19.5. The number of alkyl carbamates (subject to hydrolysis) is 1. The van der Waals surface area contributed by atoms with Gasteiger partial charge < -0.3 is 25.0 Å². The van der Waals surface area contributed by atoms with Crippen LogP contribution >= 0.6 is 0 Å². The Hall–Kier alpha value is -3.54. The van der Waals surface area contributed by atoms with Crippen LogP contribution in [0.1, 0.15) is 63.3 Å². The van der Waals surface area contributed by atoms with Gasteiger partial charge in [0.2, 0.25) is 5.95 Å². The Bertz CT molecular complexity index is 1320. The minimum Gasteiger partial charge on any atom is -0.450 e. The highest BCUT2D eigenvalue weighted by Gasteiger charge is 2.26. The van der Waals surface area contributed by atoms with E-state index in [1.54, 1.807) is 12.1 Å². The van der Waals surface area contributed by atoms with Crippen LogP contribution < -0.4 is 15.5 Å². The number of fused-ring (bicyclic) bond motifs is 1. The lowest BCUT2D eigenvalue weighted by atomic mass is 9.86. The second kappa shape index (κ2) is 13.4. The van der Waals surface area contributed by atoms with Crippen molar-refractivity contribution in [3.8, 4) is 5.82 Å². The number of rotatable bonds is 10. The number of alkyl halides is 2. The summed E-state index contributed by atoms with van der Waals surface area (Å²) in [6, 6.07) is 7.31. The molecule has 41 heavy (non-hydrogen) atoms. The molecule has 0 atom stereocenters. The molecule has 1 aliphatic carbocycles.